The van der Waals surface area contributed by atoms with Crippen molar-refractivity contribution in [3.63, 3.8) is 0 Å². The lowest BCUT2D eigenvalue weighted by Gasteiger charge is -2.10. The Morgan fingerprint density at radius 2 is 1.97 bits per heavy atom. The fourth-order valence-electron chi connectivity index (χ4n) is 2.84. The largest absolute Gasteiger partial charge is 0.495 e. The SMILES string of the molecule is CCNS(=O)(=O)c1cc(/C=C/c2nc(-c3ccc4n[nH]nc4c3)no2)ccc1OC. The van der Waals surface area contributed by atoms with E-state index < -0.39 is 10.0 Å². The van der Waals surface area contributed by atoms with Gasteiger partial charge >= 0.3 is 0 Å². The van der Waals surface area contributed by atoms with E-state index in [0.29, 0.717) is 16.9 Å². The molecule has 2 aromatic heterocycles. The number of aromatic amines is 1. The van der Waals surface area contributed by atoms with Crippen LogP contribution < -0.4 is 9.46 Å². The number of nitrogens with zero attached hydrogens (tertiary/aromatic N) is 4. The molecule has 0 atom stereocenters. The summed E-state index contributed by atoms with van der Waals surface area (Å²) in [7, 11) is -2.25. The molecule has 0 radical (unpaired) electrons. The second kappa shape index (κ2) is 8.05. The zero-order chi connectivity index (χ0) is 21.1. The molecule has 0 aliphatic carbocycles. The van der Waals surface area contributed by atoms with E-state index in [9.17, 15) is 8.42 Å². The van der Waals surface area contributed by atoms with Crippen molar-refractivity contribution in [2.75, 3.05) is 13.7 Å². The highest BCUT2D eigenvalue weighted by molar-refractivity contribution is 7.89. The summed E-state index contributed by atoms with van der Waals surface area (Å²) in [5.74, 6) is 0.943. The molecular formula is C19H18N6O4S. The van der Waals surface area contributed by atoms with Crippen LogP contribution in [0.3, 0.4) is 0 Å². The van der Waals surface area contributed by atoms with Gasteiger partial charge in [0.2, 0.25) is 15.8 Å². The summed E-state index contributed by atoms with van der Waals surface area (Å²) in [6.45, 7) is 1.98. The summed E-state index contributed by atoms with van der Waals surface area (Å²) < 4.78 is 37.7. The van der Waals surface area contributed by atoms with Gasteiger partial charge in [0.25, 0.3) is 5.89 Å². The van der Waals surface area contributed by atoms with Gasteiger partial charge in [-0.15, -0.1) is 0 Å². The number of fused-ring (bicyclic) bond motifs is 1. The van der Waals surface area contributed by atoms with Gasteiger partial charge in [-0.05, 0) is 42.0 Å². The molecule has 0 amide bonds. The third-order valence-electron chi connectivity index (χ3n) is 4.25. The van der Waals surface area contributed by atoms with E-state index in [1.807, 2.05) is 12.1 Å². The van der Waals surface area contributed by atoms with E-state index in [4.69, 9.17) is 9.26 Å². The molecule has 0 spiro atoms. The number of hydrogen-bond donors (Lipinski definition) is 2. The van der Waals surface area contributed by atoms with Crippen LogP contribution in [-0.2, 0) is 10.0 Å². The van der Waals surface area contributed by atoms with Crippen LogP contribution in [0.5, 0.6) is 5.75 Å². The summed E-state index contributed by atoms with van der Waals surface area (Å²) >= 11 is 0. The molecule has 0 aliphatic heterocycles. The molecule has 2 N–H and O–H groups in total. The van der Waals surface area contributed by atoms with Crippen molar-refractivity contribution in [3.8, 4) is 17.1 Å². The maximum absolute atomic E-state index is 12.4. The Kier molecular flexibility index (Phi) is 5.29. The van der Waals surface area contributed by atoms with Crippen molar-refractivity contribution in [1.29, 1.82) is 0 Å². The predicted molar refractivity (Wildman–Crippen MR) is 110 cm³/mol. The number of nitrogens with one attached hydrogen (secondary N) is 2. The number of hydrogen-bond acceptors (Lipinski definition) is 8. The first-order valence-corrected chi connectivity index (χ1v) is 10.5. The molecule has 0 saturated carbocycles. The molecule has 10 nitrogen and oxygen atoms in total. The van der Waals surface area contributed by atoms with Crippen molar-refractivity contribution in [3.05, 3.63) is 47.9 Å². The lowest BCUT2D eigenvalue weighted by molar-refractivity contribution is 0.402. The molecule has 0 aliphatic rings. The van der Waals surface area contributed by atoms with Crippen LogP contribution in [0.15, 0.2) is 45.8 Å². The summed E-state index contributed by atoms with van der Waals surface area (Å²) in [4.78, 5) is 4.40. The highest BCUT2D eigenvalue weighted by atomic mass is 32.2. The lowest BCUT2D eigenvalue weighted by Crippen LogP contribution is -2.23. The predicted octanol–water partition coefficient (Wildman–Crippen LogP) is 2.49. The number of rotatable bonds is 7. The summed E-state index contributed by atoms with van der Waals surface area (Å²) in [6, 6.07) is 10.3. The lowest BCUT2D eigenvalue weighted by atomic mass is 10.2. The van der Waals surface area contributed by atoms with Crippen LogP contribution in [0.4, 0.5) is 0 Å². The zero-order valence-corrected chi connectivity index (χ0v) is 17.0. The number of H-pyrrole nitrogens is 1. The van der Waals surface area contributed by atoms with Crippen LogP contribution in [0.2, 0.25) is 0 Å². The maximum Gasteiger partial charge on any atom is 0.250 e. The van der Waals surface area contributed by atoms with Gasteiger partial charge in [-0.3, -0.25) is 0 Å². The first kappa shape index (κ1) is 19.7. The fourth-order valence-corrected chi connectivity index (χ4v) is 4.08. The molecule has 0 saturated heterocycles. The van der Waals surface area contributed by atoms with E-state index in [1.54, 1.807) is 37.3 Å². The highest BCUT2D eigenvalue weighted by Crippen LogP contribution is 2.26. The zero-order valence-electron chi connectivity index (χ0n) is 16.2. The minimum atomic E-state index is -3.68. The highest BCUT2D eigenvalue weighted by Gasteiger charge is 2.18. The Balaban J connectivity index is 1.60. The molecule has 154 valence electrons. The molecule has 0 unspecified atom stereocenters. The second-order valence-corrected chi connectivity index (χ2v) is 7.96. The van der Waals surface area contributed by atoms with Crippen molar-refractivity contribution >= 4 is 33.2 Å². The van der Waals surface area contributed by atoms with Gasteiger partial charge in [-0.25, -0.2) is 13.1 Å². The van der Waals surface area contributed by atoms with Gasteiger partial charge in [-0.1, -0.05) is 18.1 Å². The van der Waals surface area contributed by atoms with E-state index in [1.165, 1.54) is 13.2 Å². The first-order valence-electron chi connectivity index (χ1n) is 9.00. The number of methoxy groups -OCH3 is 1. The van der Waals surface area contributed by atoms with Crippen molar-refractivity contribution in [2.45, 2.75) is 11.8 Å². The van der Waals surface area contributed by atoms with Gasteiger partial charge in [0, 0.05) is 18.2 Å². The molecule has 11 heteroatoms. The average Bonchev–Trinajstić information content (AvgIpc) is 3.40. The van der Waals surface area contributed by atoms with Gasteiger partial charge in [-0.2, -0.15) is 20.4 Å². The summed E-state index contributed by atoms with van der Waals surface area (Å²) in [5, 5.41) is 14.6. The summed E-state index contributed by atoms with van der Waals surface area (Å²) in [6.07, 6.45) is 3.29. The van der Waals surface area contributed by atoms with Crippen LogP contribution in [0, 0.1) is 0 Å². The van der Waals surface area contributed by atoms with Gasteiger partial charge < -0.3 is 9.26 Å². The smallest absolute Gasteiger partial charge is 0.250 e. The molecule has 0 bridgehead atoms. The molecular weight excluding hydrogens is 408 g/mol. The third-order valence-corrected chi connectivity index (χ3v) is 5.81. The van der Waals surface area contributed by atoms with E-state index in [2.05, 4.69) is 30.3 Å². The molecule has 2 heterocycles. The molecule has 0 fully saturated rings. The molecule has 30 heavy (non-hydrogen) atoms. The van der Waals surface area contributed by atoms with Gasteiger partial charge in [0.05, 0.1) is 7.11 Å². The van der Waals surface area contributed by atoms with Gasteiger partial charge in [0.15, 0.2) is 0 Å². The first-order chi connectivity index (χ1) is 14.5. The van der Waals surface area contributed by atoms with Crippen molar-refractivity contribution in [1.82, 2.24) is 30.3 Å². The second-order valence-electron chi connectivity index (χ2n) is 6.23. The number of sulfonamides is 1. The van der Waals surface area contributed by atoms with E-state index >= 15 is 0 Å². The quantitative estimate of drug-likeness (QED) is 0.460. The van der Waals surface area contributed by atoms with Crippen LogP contribution >= 0.6 is 0 Å². The molecule has 4 rings (SSSR count). The Bertz CT molecular complexity index is 1330. The Hall–Kier alpha value is -3.57. The Labute approximate surface area is 172 Å². The Morgan fingerprint density at radius 3 is 2.77 bits per heavy atom. The minimum Gasteiger partial charge on any atom is -0.495 e. The van der Waals surface area contributed by atoms with Crippen molar-refractivity contribution in [2.24, 2.45) is 0 Å². The average molecular weight is 426 g/mol. The summed E-state index contributed by atoms with van der Waals surface area (Å²) in [5.41, 5.74) is 2.81. The van der Waals surface area contributed by atoms with Crippen LogP contribution in [-0.4, -0.2) is 47.6 Å². The number of aromatic nitrogens is 5. The molecule has 4 aromatic rings. The fraction of sp³-hybridized carbons (Fsp3) is 0.158. The van der Waals surface area contributed by atoms with Crippen molar-refractivity contribution < 1.29 is 17.7 Å². The number of benzene rings is 2. The Morgan fingerprint density at radius 1 is 1.13 bits per heavy atom. The topological polar surface area (TPSA) is 136 Å². The number of ether oxygens (including phenoxy) is 1. The monoisotopic (exact) mass is 426 g/mol. The third kappa shape index (κ3) is 3.93. The van der Waals surface area contributed by atoms with Crippen LogP contribution in [0.1, 0.15) is 18.4 Å². The standard InChI is InChI=1S/C19H18N6O4S/c1-3-20-30(26,27)17-10-12(4-8-16(17)28-2)5-9-18-21-19(24-29-18)13-6-7-14-15(11-13)23-25-22-14/h4-11,20H,3H2,1-2H3,(H,22,23,25)/b9-5+. The minimum absolute atomic E-state index is 0.0566. The van der Waals surface area contributed by atoms with Crippen LogP contribution in [0.25, 0.3) is 34.6 Å². The normalized spacial score (nSPS) is 12.1. The van der Waals surface area contributed by atoms with E-state index in [0.717, 1.165) is 11.1 Å². The maximum atomic E-state index is 12.4. The van der Waals surface area contributed by atoms with E-state index in [-0.39, 0.29) is 23.1 Å². The molecule has 2 aromatic carbocycles. The van der Waals surface area contributed by atoms with Gasteiger partial charge in [0.1, 0.15) is 21.7 Å².